The maximum atomic E-state index is 13.7. The first kappa shape index (κ1) is 20.7. The van der Waals surface area contributed by atoms with E-state index >= 15 is 0 Å². The Morgan fingerprint density at radius 3 is 2.72 bits per heavy atom. The molecule has 10 heteroatoms. The average molecular weight is 453 g/mol. The number of aromatic nitrogens is 1. The number of benzene rings is 1. The zero-order valence-electron chi connectivity index (χ0n) is 17.6. The maximum Gasteiger partial charge on any atom is 0.283 e. The number of nitrogens with one attached hydrogen (secondary N) is 1. The molecule has 0 spiro atoms. The van der Waals surface area contributed by atoms with Gasteiger partial charge in [0, 0.05) is 30.2 Å². The second-order valence-corrected chi connectivity index (χ2v) is 8.58. The van der Waals surface area contributed by atoms with Crippen LogP contribution < -0.4 is 0 Å². The van der Waals surface area contributed by atoms with Crippen molar-refractivity contribution in [3.05, 3.63) is 58.7 Å². The maximum absolute atomic E-state index is 13.7. The number of amides is 1. The lowest BCUT2D eigenvalue weighted by atomic mass is 10.1. The van der Waals surface area contributed by atoms with Crippen molar-refractivity contribution >= 4 is 39.9 Å². The zero-order chi connectivity index (χ0) is 22.4. The van der Waals surface area contributed by atoms with E-state index in [9.17, 15) is 9.18 Å². The van der Waals surface area contributed by atoms with Gasteiger partial charge in [0.25, 0.3) is 5.91 Å². The predicted molar refractivity (Wildman–Crippen MR) is 123 cm³/mol. The van der Waals surface area contributed by atoms with E-state index in [0.717, 1.165) is 22.1 Å². The number of rotatable bonds is 2. The van der Waals surface area contributed by atoms with Crippen molar-refractivity contribution in [1.82, 2.24) is 14.5 Å². The second kappa shape index (κ2) is 8.03. The Bertz CT molecular complexity index is 1230. The molecule has 0 radical (unpaired) electrons. The SMILES string of the molecule is Cc1cc(/C=C2\C(=N)N3N=C(N4CCOCC4)SC3=NC2=O)c(C)n1-c1cccc(F)c1. The molecule has 3 aliphatic heterocycles. The second-order valence-electron chi connectivity index (χ2n) is 7.64. The lowest BCUT2D eigenvalue weighted by Crippen LogP contribution is -2.39. The number of morpholine rings is 1. The summed E-state index contributed by atoms with van der Waals surface area (Å²) in [6.45, 7) is 6.48. The van der Waals surface area contributed by atoms with Gasteiger partial charge in [-0.05, 0) is 61.5 Å². The Balaban J connectivity index is 1.48. The van der Waals surface area contributed by atoms with Crippen LogP contribution in [0.3, 0.4) is 0 Å². The number of amidine groups is 3. The van der Waals surface area contributed by atoms with Crippen molar-refractivity contribution in [2.75, 3.05) is 26.3 Å². The van der Waals surface area contributed by atoms with E-state index in [4.69, 9.17) is 10.1 Å². The van der Waals surface area contributed by atoms with Crippen molar-refractivity contribution in [3.8, 4) is 5.69 Å². The van der Waals surface area contributed by atoms with Crippen LogP contribution in [-0.4, -0.2) is 62.9 Å². The molecule has 3 aliphatic rings. The van der Waals surface area contributed by atoms with Gasteiger partial charge in [-0.3, -0.25) is 10.2 Å². The lowest BCUT2D eigenvalue weighted by molar-refractivity contribution is -0.114. The molecule has 1 N–H and O–H groups in total. The van der Waals surface area contributed by atoms with Gasteiger partial charge in [0.1, 0.15) is 5.82 Å². The van der Waals surface area contributed by atoms with Crippen LogP contribution in [0.15, 0.2) is 46.0 Å². The fourth-order valence-corrected chi connectivity index (χ4v) is 4.91. The topological polar surface area (TPSA) is 86.3 Å². The minimum atomic E-state index is -0.470. The van der Waals surface area contributed by atoms with Crippen LogP contribution in [0.1, 0.15) is 17.0 Å². The number of hydrogen-bond donors (Lipinski definition) is 1. The summed E-state index contributed by atoms with van der Waals surface area (Å²) in [5.41, 5.74) is 3.36. The Hall–Kier alpha value is -3.24. The highest BCUT2D eigenvalue weighted by Crippen LogP contribution is 2.31. The van der Waals surface area contributed by atoms with E-state index in [1.165, 1.54) is 28.9 Å². The Labute approximate surface area is 188 Å². The highest BCUT2D eigenvalue weighted by Gasteiger charge is 2.37. The molecule has 1 saturated heterocycles. The normalized spacial score (nSPS) is 20.0. The predicted octanol–water partition coefficient (Wildman–Crippen LogP) is 3.14. The third kappa shape index (κ3) is 3.55. The average Bonchev–Trinajstić information content (AvgIpc) is 3.32. The van der Waals surface area contributed by atoms with E-state index in [1.54, 1.807) is 12.1 Å². The van der Waals surface area contributed by atoms with Crippen LogP contribution in [0.25, 0.3) is 11.8 Å². The number of aryl methyl sites for hydroxylation is 1. The van der Waals surface area contributed by atoms with Crippen LogP contribution in [0.2, 0.25) is 0 Å². The third-order valence-corrected chi connectivity index (χ3v) is 6.53. The van der Waals surface area contributed by atoms with E-state index in [2.05, 4.69) is 15.0 Å². The minimum absolute atomic E-state index is 0.00804. The molecule has 2 aromatic rings. The van der Waals surface area contributed by atoms with E-state index < -0.39 is 5.91 Å². The summed E-state index contributed by atoms with van der Waals surface area (Å²) in [6, 6.07) is 8.26. The summed E-state index contributed by atoms with van der Waals surface area (Å²) >= 11 is 1.29. The third-order valence-electron chi connectivity index (χ3n) is 5.56. The zero-order valence-corrected chi connectivity index (χ0v) is 18.4. The largest absolute Gasteiger partial charge is 0.378 e. The fourth-order valence-electron chi connectivity index (χ4n) is 3.97. The number of hydrazone groups is 1. The Morgan fingerprint density at radius 1 is 1.19 bits per heavy atom. The van der Waals surface area contributed by atoms with Gasteiger partial charge < -0.3 is 14.2 Å². The van der Waals surface area contributed by atoms with Crippen LogP contribution in [0, 0.1) is 25.1 Å². The van der Waals surface area contributed by atoms with Gasteiger partial charge in [-0.15, -0.1) is 5.10 Å². The number of carbonyl (C=O) groups is 1. The van der Waals surface area contributed by atoms with Gasteiger partial charge in [-0.2, -0.15) is 10.0 Å². The molecule has 0 bridgehead atoms. The molecule has 0 unspecified atom stereocenters. The molecule has 1 aromatic carbocycles. The summed E-state index contributed by atoms with van der Waals surface area (Å²) in [5, 5.41) is 15.7. The molecule has 0 atom stereocenters. The molecular formula is C22H21FN6O2S. The molecular weight excluding hydrogens is 431 g/mol. The van der Waals surface area contributed by atoms with Gasteiger partial charge in [0.2, 0.25) is 5.17 Å². The summed E-state index contributed by atoms with van der Waals surface area (Å²) in [4.78, 5) is 19.0. The van der Waals surface area contributed by atoms with Gasteiger partial charge in [0.05, 0.1) is 18.8 Å². The van der Waals surface area contributed by atoms with Crippen LogP contribution in [0.4, 0.5) is 4.39 Å². The highest BCUT2D eigenvalue weighted by atomic mass is 32.2. The number of halogens is 1. The first-order chi connectivity index (χ1) is 15.4. The van der Waals surface area contributed by atoms with Gasteiger partial charge in [-0.1, -0.05) is 6.07 Å². The molecule has 0 aliphatic carbocycles. The molecule has 8 nitrogen and oxygen atoms in total. The minimum Gasteiger partial charge on any atom is -0.378 e. The number of nitrogens with zero attached hydrogens (tertiary/aromatic N) is 5. The standard InChI is InChI=1S/C22H21FN6O2S/c1-13-10-15(14(2)28(13)17-5-3-4-16(23)12-17)11-18-19(24)29-21(25-20(18)30)32-22(26-29)27-6-8-31-9-7-27/h3-5,10-12,24H,6-9H2,1-2H3/b18-11+,24-19?. The Morgan fingerprint density at radius 2 is 1.97 bits per heavy atom. The van der Waals surface area contributed by atoms with Gasteiger partial charge >= 0.3 is 0 Å². The van der Waals surface area contributed by atoms with E-state index in [-0.39, 0.29) is 17.2 Å². The number of ether oxygens (including phenoxy) is 1. The molecule has 32 heavy (non-hydrogen) atoms. The van der Waals surface area contributed by atoms with Crippen LogP contribution in [0.5, 0.6) is 0 Å². The van der Waals surface area contributed by atoms with Gasteiger partial charge in [-0.25, -0.2) is 4.39 Å². The molecule has 164 valence electrons. The van der Waals surface area contributed by atoms with Crippen LogP contribution >= 0.6 is 11.8 Å². The number of aliphatic imine (C=N–C) groups is 1. The smallest absolute Gasteiger partial charge is 0.283 e. The summed E-state index contributed by atoms with van der Waals surface area (Å²) < 4.78 is 21.0. The molecule has 0 saturated carbocycles. The monoisotopic (exact) mass is 452 g/mol. The lowest BCUT2D eigenvalue weighted by Gasteiger charge is -2.26. The number of hydrogen-bond acceptors (Lipinski definition) is 6. The summed E-state index contributed by atoms with van der Waals surface area (Å²) in [7, 11) is 0. The number of thioether (sulfide) groups is 1. The van der Waals surface area contributed by atoms with Crippen LogP contribution in [-0.2, 0) is 9.53 Å². The first-order valence-electron chi connectivity index (χ1n) is 10.2. The van der Waals surface area contributed by atoms with Crippen molar-refractivity contribution < 1.29 is 13.9 Å². The van der Waals surface area contributed by atoms with Crippen molar-refractivity contribution in [3.63, 3.8) is 0 Å². The molecule has 4 heterocycles. The molecule has 5 rings (SSSR count). The first-order valence-corrected chi connectivity index (χ1v) is 11.0. The van der Waals surface area contributed by atoms with Gasteiger partial charge in [0.15, 0.2) is 11.0 Å². The highest BCUT2D eigenvalue weighted by molar-refractivity contribution is 8.26. The molecule has 1 fully saturated rings. The van der Waals surface area contributed by atoms with Crippen molar-refractivity contribution in [2.45, 2.75) is 13.8 Å². The number of carbonyl (C=O) groups excluding carboxylic acids is 1. The molecule has 1 aromatic heterocycles. The molecule has 1 amide bonds. The summed E-state index contributed by atoms with van der Waals surface area (Å²) in [5.74, 6) is -0.796. The fraction of sp³-hybridized carbons (Fsp3) is 0.273. The summed E-state index contributed by atoms with van der Waals surface area (Å²) in [6.07, 6.45) is 1.66. The Kier molecular flexibility index (Phi) is 5.18. The van der Waals surface area contributed by atoms with Crippen molar-refractivity contribution in [1.29, 1.82) is 5.41 Å². The van der Waals surface area contributed by atoms with Crippen molar-refractivity contribution in [2.24, 2.45) is 10.1 Å². The van der Waals surface area contributed by atoms with E-state index in [1.807, 2.05) is 30.5 Å². The van der Waals surface area contributed by atoms with E-state index in [0.29, 0.717) is 37.2 Å². The number of fused-ring (bicyclic) bond motifs is 1. The quantitative estimate of drug-likeness (QED) is 0.708.